The maximum Gasteiger partial charge on any atom is 0.272 e. The molecule has 0 radical (unpaired) electrons. The van der Waals surface area contributed by atoms with Crippen molar-refractivity contribution in [2.75, 3.05) is 23.3 Å². The molecule has 1 saturated heterocycles. The zero-order valence-corrected chi connectivity index (χ0v) is 14.6. The SMILES string of the molecule is O=C(Nc1ccc(N2CCCCCC2)cc1)c1cc2c(F)cccc2[nH]1. The molecule has 1 aliphatic rings. The Labute approximate surface area is 152 Å². The fourth-order valence-corrected chi connectivity index (χ4v) is 3.52. The monoisotopic (exact) mass is 351 g/mol. The molecular formula is C21H22FN3O. The molecule has 4 nitrogen and oxygen atoms in total. The molecule has 2 aromatic carbocycles. The standard InChI is InChI=1S/C21H22FN3O/c22-18-6-5-7-19-17(18)14-20(24-19)21(26)23-15-8-10-16(11-9-15)25-12-3-1-2-4-13-25/h5-11,14,24H,1-4,12-13H2,(H,23,26). The molecule has 3 aromatic rings. The van der Waals surface area contributed by atoms with Crippen LogP contribution in [0.1, 0.15) is 36.2 Å². The van der Waals surface area contributed by atoms with Crippen LogP contribution in [0.4, 0.5) is 15.8 Å². The van der Waals surface area contributed by atoms with Gasteiger partial charge in [0, 0.05) is 35.4 Å². The average molecular weight is 351 g/mol. The van der Waals surface area contributed by atoms with E-state index in [1.165, 1.54) is 37.4 Å². The van der Waals surface area contributed by atoms with E-state index in [0.29, 0.717) is 16.6 Å². The van der Waals surface area contributed by atoms with Crippen LogP contribution in [0, 0.1) is 5.82 Å². The van der Waals surface area contributed by atoms with Gasteiger partial charge in [0.15, 0.2) is 0 Å². The number of nitrogens with one attached hydrogen (secondary N) is 2. The number of amides is 1. The van der Waals surface area contributed by atoms with E-state index < -0.39 is 0 Å². The second kappa shape index (κ2) is 7.20. The van der Waals surface area contributed by atoms with Crippen LogP contribution in [0.2, 0.25) is 0 Å². The molecule has 1 amide bonds. The minimum Gasteiger partial charge on any atom is -0.372 e. The van der Waals surface area contributed by atoms with Crippen molar-refractivity contribution in [3.8, 4) is 0 Å². The summed E-state index contributed by atoms with van der Waals surface area (Å²) in [6.45, 7) is 2.18. The quantitative estimate of drug-likeness (QED) is 0.702. The highest BCUT2D eigenvalue weighted by Crippen LogP contribution is 2.23. The van der Waals surface area contributed by atoms with Crippen molar-refractivity contribution >= 4 is 28.2 Å². The van der Waals surface area contributed by atoms with Gasteiger partial charge in [0.2, 0.25) is 0 Å². The Morgan fingerprint density at radius 1 is 1.00 bits per heavy atom. The number of rotatable bonds is 3. The molecule has 0 spiro atoms. The zero-order chi connectivity index (χ0) is 17.9. The molecule has 0 atom stereocenters. The number of benzene rings is 2. The van der Waals surface area contributed by atoms with Crippen LogP contribution in [0.15, 0.2) is 48.5 Å². The number of hydrogen-bond donors (Lipinski definition) is 2. The molecule has 26 heavy (non-hydrogen) atoms. The molecule has 0 bridgehead atoms. The van der Waals surface area contributed by atoms with Gasteiger partial charge < -0.3 is 15.2 Å². The molecule has 0 aliphatic carbocycles. The molecule has 4 rings (SSSR count). The van der Waals surface area contributed by atoms with Gasteiger partial charge in [0.1, 0.15) is 11.5 Å². The predicted octanol–water partition coefficient (Wildman–Crippen LogP) is 4.94. The third-order valence-electron chi connectivity index (χ3n) is 4.95. The van der Waals surface area contributed by atoms with Crippen molar-refractivity contribution in [1.82, 2.24) is 4.98 Å². The van der Waals surface area contributed by atoms with E-state index in [4.69, 9.17) is 0 Å². The summed E-state index contributed by atoms with van der Waals surface area (Å²) in [7, 11) is 0. The van der Waals surface area contributed by atoms with Crippen LogP contribution in [0.5, 0.6) is 0 Å². The van der Waals surface area contributed by atoms with Gasteiger partial charge in [-0.25, -0.2) is 4.39 Å². The lowest BCUT2D eigenvalue weighted by molar-refractivity contribution is 0.102. The summed E-state index contributed by atoms with van der Waals surface area (Å²) in [4.78, 5) is 17.8. The van der Waals surface area contributed by atoms with Gasteiger partial charge >= 0.3 is 0 Å². The minimum atomic E-state index is -0.334. The molecular weight excluding hydrogens is 329 g/mol. The van der Waals surface area contributed by atoms with E-state index in [0.717, 1.165) is 18.8 Å². The third-order valence-corrected chi connectivity index (χ3v) is 4.95. The molecule has 1 fully saturated rings. The number of aromatic nitrogens is 1. The molecule has 0 unspecified atom stereocenters. The van der Waals surface area contributed by atoms with Gasteiger partial charge in [-0.3, -0.25) is 4.79 Å². The third kappa shape index (κ3) is 3.43. The highest BCUT2D eigenvalue weighted by atomic mass is 19.1. The first kappa shape index (κ1) is 16.6. The van der Waals surface area contributed by atoms with Gasteiger partial charge in [-0.15, -0.1) is 0 Å². The number of halogens is 1. The van der Waals surface area contributed by atoms with E-state index in [1.807, 2.05) is 24.3 Å². The fourth-order valence-electron chi connectivity index (χ4n) is 3.52. The van der Waals surface area contributed by atoms with Crippen LogP contribution in [-0.4, -0.2) is 24.0 Å². The predicted molar refractivity (Wildman–Crippen MR) is 103 cm³/mol. The Balaban J connectivity index is 1.47. The molecule has 0 saturated carbocycles. The van der Waals surface area contributed by atoms with Gasteiger partial charge in [0.05, 0.1) is 0 Å². The Hall–Kier alpha value is -2.82. The number of H-pyrrole nitrogens is 1. The summed E-state index contributed by atoms with van der Waals surface area (Å²) in [6.07, 6.45) is 5.07. The first-order valence-corrected chi connectivity index (χ1v) is 9.14. The molecule has 134 valence electrons. The number of carbonyl (C=O) groups is 1. The number of fused-ring (bicyclic) bond motifs is 1. The summed E-state index contributed by atoms with van der Waals surface area (Å²) >= 11 is 0. The van der Waals surface area contributed by atoms with E-state index in [-0.39, 0.29) is 11.7 Å². The lowest BCUT2D eigenvalue weighted by Gasteiger charge is -2.22. The summed E-state index contributed by atoms with van der Waals surface area (Å²) < 4.78 is 13.8. The molecule has 2 N–H and O–H groups in total. The van der Waals surface area contributed by atoms with E-state index in [1.54, 1.807) is 18.2 Å². The van der Waals surface area contributed by atoms with Crippen molar-refractivity contribution < 1.29 is 9.18 Å². The minimum absolute atomic E-state index is 0.275. The number of hydrogen-bond acceptors (Lipinski definition) is 2. The smallest absolute Gasteiger partial charge is 0.272 e. The highest BCUT2D eigenvalue weighted by molar-refractivity contribution is 6.06. The largest absolute Gasteiger partial charge is 0.372 e. The van der Waals surface area contributed by atoms with E-state index in [2.05, 4.69) is 15.2 Å². The first-order valence-electron chi connectivity index (χ1n) is 9.14. The molecule has 1 aliphatic heterocycles. The number of carbonyl (C=O) groups excluding carboxylic acids is 1. The summed E-state index contributed by atoms with van der Waals surface area (Å²) in [5.41, 5.74) is 2.89. The Morgan fingerprint density at radius 3 is 2.42 bits per heavy atom. The van der Waals surface area contributed by atoms with Crippen molar-refractivity contribution in [1.29, 1.82) is 0 Å². The second-order valence-corrected chi connectivity index (χ2v) is 6.79. The second-order valence-electron chi connectivity index (χ2n) is 6.79. The van der Waals surface area contributed by atoms with E-state index in [9.17, 15) is 9.18 Å². The summed E-state index contributed by atoms with van der Waals surface area (Å²) in [5, 5.41) is 3.30. The number of aromatic amines is 1. The number of nitrogens with zero attached hydrogens (tertiary/aromatic N) is 1. The average Bonchev–Trinajstić information content (AvgIpc) is 2.92. The lowest BCUT2D eigenvalue weighted by atomic mass is 10.2. The van der Waals surface area contributed by atoms with Gasteiger partial charge in [-0.05, 0) is 55.3 Å². The van der Waals surface area contributed by atoms with Crippen molar-refractivity contribution in [2.45, 2.75) is 25.7 Å². The van der Waals surface area contributed by atoms with Crippen molar-refractivity contribution in [3.63, 3.8) is 0 Å². The molecule has 2 heterocycles. The normalized spacial score (nSPS) is 15.0. The highest BCUT2D eigenvalue weighted by Gasteiger charge is 2.13. The topological polar surface area (TPSA) is 48.1 Å². The molecule has 1 aromatic heterocycles. The summed E-state index contributed by atoms with van der Waals surface area (Å²) in [5.74, 6) is -0.609. The lowest BCUT2D eigenvalue weighted by Crippen LogP contribution is -2.23. The fraction of sp³-hybridized carbons (Fsp3) is 0.286. The van der Waals surface area contributed by atoms with Gasteiger partial charge in [0.25, 0.3) is 5.91 Å². The Bertz CT molecular complexity index is 909. The first-order chi connectivity index (χ1) is 12.7. The Kier molecular flexibility index (Phi) is 4.61. The maximum absolute atomic E-state index is 13.8. The van der Waals surface area contributed by atoms with Crippen LogP contribution < -0.4 is 10.2 Å². The van der Waals surface area contributed by atoms with Crippen LogP contribution in [0.25, 0.3) is 10.9 Å². The van der Waals surface area contributed by atoms with Gasteiger partial charge in [-0.1, -0.05) is 18.9 Å². The van der Waals surface area contributed by atoms with Crippen LogP contribution >= 0.6 is 0 Å². The van der Waals surface area contributed by atoms with Crippen LogP contribution in [0.3, 0.4) is 0 Å². The van der Waals surface area contributed by atoms with Gasteiger partial charge in [-0.2, -0.15) is 0 Å². The maximum atomic E-state index is 13.8. The van der Waals surface area contributed by atoms with Crippen molar-refractivity contribution in [2.24, 2.45) is 0 Å². The zero-order valence-electron chi connectivity index (χ0n) is 14.6. The Morgan fingerprint density at radius 2 is 1.73 bits per heavy atom. The van der Waals surface area contributed by atoms with Crippen LogP contribution in [-0.2, 0) is 0 Å². The summed E-state index contributed by atoms with van der Waals surface area (Å²) in [6, 6.07) is 14.2. The van der Waals surface area contributed by atoms with E-state index >= 15 is 0 Å². The number of anilines is 2. The molecule has 5 heteroatoms. The van der Waals surface area contributed by atoms with Crippen molar-refractivity contribution in [3.05, 3.63) is 60.0 Å².